The van der Waals surface area contributed by atoms with Crippen LogP contribution >= 0.6 is 0 Å². The van der Waals surface area contributed by atoms with Crippen LogP contribution in [0.1, 0.15) is 25.5 Å². The molecule has 2 N–H and O–H groups in total. The maximum Gasteiger partial charge on any atom is 0.273 e. The minimum absolute atomic E-state index is 0.142. The van der Waals surface area contributed by atoms with Gasteiger partial charge in [0.05, 0.1) is 13.2 Å². The number of rotatable bonds is 11. The van der Waals surface area contributed by atoms with Crippen molar-refractivity contribution in [3.05, 3.63) is 70.6 Å². The zero-order valence-corrected chi connectivity index (χ0v) is 17.5. The summed E-state index contributed by atoms with van der Waals surface area (Å²) in [4.78, 5) is 27.1. The number of amides is 1. The summed E-state index contributed by atoms with van der Waals surface area (Å²) in [5, 5.41) is 10.9. The van der Waals surface area contributed by atoms with Gasteiger partial charge in [0.15, 0.2) is 5.82 Å². The first-order valence-corrected chi connectivity index (χ1v) is 10.3. The Balaban J connectivity index is 1.48. The molecule has 0 aliphatic rings. The second-order valence-corrected chi connectivity index (χ2v) is 6.84. The van der Waals surface area contributed by atoms with Crippen molar-refractivity contribution in [3.8, 4) is 22.9 Å². The Kier molecular flexibility index (Phi) is 8.16. The van der Waals surface area contributed by atoms with Gasteiger partial charge in [0, 0.05) is 18.4 Å². The lowest BCUT2D eigenvalue weighted by atomic mass is 10.2. The second kappa shape index (κ2) is 11.5. The van der Waals surface area contributed by atoms with Gasteiger partial charge < -0.3 is 19.8 Å². The molecule has 0 saturated heterocycles. The monoisotopic (exact) mass is 422 g/mol. The first-order chi connectivity index (χ1) is 15.2. The lowest BCUT2D eigenvalue weighted by Gasteiger charge is -2.08. The molecule has 0 radical (unpaired) electrons. The number of nitrogens with one attached hydrogen (secondary N) is 2. The molecule has 1 amide bonds. The van der Waals surface area contributed by atoms with E-state index in [0.29, 0.717) is 36.9 Å². The van der Waals surface area contributed by atoms with Crippen molar-refractivity contribution >= 4 is 5.91 Å². The second-order valence-electron chi connectivity index (χ2n) is 6.84. The van der Waals surface area contributed by atoms with Crippen LogP contribution in [0.5, 0.6) is 11.5 Å². The summed E-state index contributed by atoms with van der Waals surface area (Å²) in [5.74, 6) is 1.64. The van der Waals surface area contributed by atoms with Crippen molar-refractivity contribution < 1.29 is 14.3 Å². The highest BCUT2D eigenvalue weighted by Gasteiger charge is 2.10. The fraction of sp³-hybridized carbons (Fsp3) is 0.304. The van der Waals surface area contributed by atoms with E-state index in [9.17, 15) is 9.59 Å². The van der Waals surface area contributed by atoms with Crippen LogP contribution in [0, 0.1) is 0 Å². The van der Waals surface area contributed by atoms with Gasteiger partial charge in [-0.15, -0.1) is 10.2 Å². The molecule has 0 aliphatic heterocycles. The standard InChI is InChI=1S/C23H26N4O4/c1-2-14-30-19-10-6-7-17(16-19)22-25-23(29)20(26-27-22)11-12-21(28)24-13-15-31-18-8-4-3-5-9-18/h3-10,16H,2,11-15H2,1H3,(H,24,28)(H,25,27,29). The zero-order valence-electron chi connectivity index (χ0n) is 17.5. The van der Waals surface area contributed by atoms with Crippen molar-refractivity contribution in [1.82, 2.24) is 20.5 Å². The Hall–Kier alpha value is -3.68. The van der Waals surface area contributed by atoms with E-state index in [2.05, 4.69) is 20.5 Å². The molecule has 0 aliphatic carbocycles. The van der Waals surface area contributed by atoms with E-state index in [0.717, 1.165) is 12.2 Å². The first kappa shape index (κ1) is 22.0. The Bertz CT molecular complexity index is 1040. The van der Waals surface area contributed by atoms with Gasteiger partial charge in [-0.3, -0.25) is 9.59 Å². The molecule has 0 fully saturated rings. The van der Waals surface area contributed by atoms with Crippen molar-refractivity contribution in [2.75, 3.05) is 19.8 Å². The average molecular weight is 422 g/mol. The smallest absolute Gasteiger partial charge is 0.273 e. The fourth-order valence-electron chi connectivity index (χ4n) is 2.80. The van der Waals surface area contributed by atoms with Gasteiger partial charge in [-0.05, 0) is 30.7 Å². The minimum Gasteiger partial charge on any atom is -0.494 e. The molecule has 8 nitrogen and oxygen atoms in total. The van der Waals surface area contributed by atoms with Crippen LogP contribution < -0.4 is 20.3 Å². The summed E-state index contributed by atoms with van der Waals surface area (Å²) in [5.41, 5.74) is 0.573. The number of aromatic nitrogens is 3. The van der Waals surface area contributed by atoms with Crippen molar-refractivity contribution in [2.24, 2.45) is 0 Å². The summed E-state index contributed by atoms with van der Waals surface area (Å²) < 4.78 is 11.1. The Morgan fingerprint density at radius 2 is 1.77 bits per heavy atom. The highest BCUT2D eigenvalue weighted by molar-refractivity contribution is 5.76. The van der Waals surface area contributed by atoms with Crippen molar-refractivity contribution in [2.45, 2.75) is 26.2 Å². The molecule has 162 valence electrons. The van der Waals surface area contributed by atoms with Crippen molar-refractivity contribution in [1.29, 1.82) is 0 Å². The van der Waals surface area contributed by atoms with Crippen LogP contribution in [-0.2, 0) is 11.2 Å². The van der Waals surface area contributed by atoms with Gasteiger partial charge in [0.1, 0.15) is 23.8 Å². The van der Waals surface area contributed by atoms with Crippen LogP contribution in [0.4, 0.5) is 0 Å². The number of carbonyl (C=O) groups excluding carboxylic acids is 1. The number of benzene rings is 2. The highest BCUT2D eigenvalue weighted by Crippen LogP contribution is 2.20. The molecule has 0 bridgehead atoms. The number of ether oxygens (including phenoxy) is 2. The van der Waals surface area contributed by atoms with Crippen LogP contribution in [0.2, 0.25) is 0 Å². The summed E-state index contributed by atoms with van der Waals surface area (Å²) in [6.07, 6.45) is 1.25. The van der Waals surface area contributed by atoms with E-state index < -0.39 is 0 Å². The van der Waals surface area contributed by atoms with Crippen LogP contribution in [0.25, 0.3) is 11.4 Å². The number of carbonyl (C=O) groups is 1. The summed E-state index contributed by atoms with van der Waals surface area (Å²) in [6.45, 7) is 3.40. The van der Waals surface area contributed by atoms with E-state index in [1.54, 1.807) is 6.07 Å². The molecule has 0 atom stereocenters. The zero-order chi connectivity index (χ0) is 21.9. The number of aryl methyl sites for hydroxylation is 1. The number of para-hydroxylation sites is 1. The van der Waals surface area contributed by atoms with E-state index >= 15 is 0 Å². The molecular formula is C23H26N4O4. The van der Waals surface area contributed by atoms with E-state index in [4.69, 9.17) is 9.47 Å². The Morgan fingerprint density at radius 3 is 2.55 bits per heavy atom. The third-order valence-electron chi connectivity index (χ3n) is 4.37. The quantitative estimate of drug-likeness (QED) is 0.460. The number of hydrogen-bond donors (Lipinski definition) is 2. The Labute approximate surface area is 180 Å². The fourth-order valence-corrected chi connectivity index (χ4v) is 2.80. The van der Waals surface area contributed by atoms with Gasteiger partial charge in [-0.2, -0.15) is 0 Å². The predicted molar refractivity (Wildman–Crippen MR) is 117 cm³/mol. The Morgan fingerprint density at radius 1 is 1.00 bits per heavy atom. The molecular weight excluding hydrogens is 396 g/mol. The number of H-pyrrole nitrogens is 1. The number of nitrogens with zero attached hydrogens (tertiary/aromatic N) is 2. The molecule has 1 heterocycles. The molecule has 31 heavy (non-hydrogen) atoms. The van der Waals surface area contributed by atoms with E-state index in [1.165, 1.54) is 0 Å². The van der Waals surface area contributed by atoms with Crippen LogP contribution in [0.3, 0.4) is 0 Å². The topological polar surface area (TPSA) is 106 Å². The largest absolute Gasteiger partial charge is 0.494 e. The maximum absolute atomic E-state index is 12.4. The van der Waals surface area contributed by atoms with E-state index in [-0.39, 0.29) is 30.0 Å². The van der Waals surface area contributed by atoms with Gasteiger partial charge in [0.25, 0.3) is 5.56 Å². The lowest BCUT2D eigenvalue weighted by molar-refractivity contribution is -0.121. The number of aromatic amines is 1. The third-order valence-corrected chi connectivity index (χ3v) is 4.37. The molecule has 1 aromatic heterocycles. The summed E-state index contributed by atoms with van der Waals surface area (Å²) >= 11 is 0. The van der Waals surface area contributed by atoms with Crippen LogP contribution in [-0.4, -0.2) is 40.8 Å². The predicted octanol–water partition coefficient (Wildman–Crippen LogP) is 2.75. The minimum atomic E-state index is -0.356. The van der Waals surface area contributed by atoms with E-state index in [1.807, 2.05) is 55.5 Å². The normalized spacial score (nSPS) is 10.5. The highest BCUT2D eigenvalue weighted by atomic mass is 16.5. The van der Waals surface area contributed by atoms with Gasteiger partial charge >= 0.3 is 0 Å². The SMILES string of the molecule is CCCOc1cccc(-c2nnc(CCC(=O)NCCOc3ccccc3)c(=O)[nH]2)c1. The molecule has 2 aromatic carbocycles. The molecule has 8 heteroatoms. The summed E-state index contributed by atoms with van der Waals surface area (Å²) in [7, 11) is 0. The number of hydrogen-bond acceptors (Lipinski definition) is 6. The first-order valence-electron chi connectivity index (χ1n) is 10.3. The van der Waals surface area contributed by atoms with Gasteiger partial charge in [0.2, 0.25) is 5.91 Å². The van der Waals surface area contributed by atoms with Gasteiger partial charge in [-0.25, -0.2) is 0 Å². The maximum atomic E-state index is 12.4. The molecule has 0 spiro atoms. The molecule has 3 aromatic rings. The molecule has 3 rings (SSSR count). The average Bonchev–Trinajstić information content (AvgIpc) is 2.80. The summed E-state index contributed by atoms with van der Waals surface area (Å²) in [6, 6.07) is 16.7. The molecule has 0 unspecified atom stereocenters. The third kappa shape index (κ3) is 6.95. The molecule has 0 saturated carbocycles. The van der Waals surface area contributed by atoms with Crippen LogP contribution in [0.15, 0.2) is 59.4 Å². The van der Waals surface area contributed by atoms with Crippen molar-refractivity contribution in [3.63, 3.8) is 0 Å². The van der Waals surface area contributed by atoms with Gasteiger partial charge in [-0.1, -0.05) is 37.3 Å². The lowest BCUT2D eigenvalue weighted by Crippen LogP contribution is -2.29.